The van der Waals surface area contributed by atoms with Crippen LogP contribution in [0.25, 0.3) is 0 Å². The minimum absolute atomic E-state index is 0.290. The van der Waals surface area contributed by atoms with E-state index >= 15 is 0 Å². The van der Waals surface area contributed by atoms with Gasteiger partial charge in [-0.1, -0.05) is 47.0 Å². The molecule has 2 rings (SSSR count). The van der Waals surface area contributed by atoms with Crippen molar-refractivity contribution in [3.8, 4) is 0 Å². The second-order valence-electron chi connectivity index (χ2n) is 4.47. The molecule has 0 aromatic heterocycles. The van der Waals surface area contributed by atoms with Crippen LogP contribution in [0.1, 0.15) is 42.9 Å². The molecule has 0 bridgehead atoms. The van der Waals surface area contributed by atoms with Crippen molar-refractivity contribution in [2.75, 3.05) is 0 Å². The molecule has 1 fully saturated rings. The summed E-state index contributed by atoms with van der Waals surface area (Å²) in [4.78, 5) is 0. The fourth-order valence-electron chi connectivity index (χ4n) is 2.43. The smallest absolute Gasteiger partial charge is 0.0829 e. The highest BCUT2D eigenvalue weighted by Crippen LogP contribution is 2.38. The van der Waals surface area contributed by atoms with Gasteiger partial charge in [0.1, 0.15) is 0 Å². The van der Waals surface area contributed by atoms with E-state index in [1.54, 1.807) is 0 Å². The van der Waals surface area contributed by atoms with E-state index in [9.17, 15) is 5.11 Å². The zero-order valence-corrected chi connectivity index (χ0v) is 10.6. The van der Waals surface area contributed by atoms with Crippen molar-refractivity contribution in [1.29, 1.82) is 0 Å². The van der Waals surface area contributed by atoms with Crippen molar-refractivity contribution in [3.63, 3.8) is 0 Å². The molecular weight excluding hydrogens is 252 g/mol. The van der Waals surface area contributed by atoms with Crippen molar-refractivity contribution in [3.05, 3.63) is 33.8 Å². The molecule has 0 spiro atoms. The van der Waals surface area contributed by atoms with Gasteiger partial charge in [0, 0.05) is 4.47 Å². The predicted octanol–water partition coefficient (Wildman–Crippen LogP) is 3.98. The van der Waals surface area contributed by atoms with Gasteiger partial charge in [-0.2, -0.15) is 0 Å². The molecule has 1 aliphatic rings. The average molecular weight is 269 g/mol. The number of aliphatic hydroxyl groups excluding tert-OH is 1. The van der Waals surface area contributed by atoms with E-state index in [2.05, 4.69) is 28.9 Å². The van der Waals surface area contributed by atoms with E-state index < -0.39 is 0 Å². The third kappa shape index (κ3) is 2.26. The molecule has 0 heterocycles. The van der Waals surface area contributed by atoms with E-state index in [0.717, 1.165) is 10.0 Å². The highest BCUT2D eigenvalue weighted by molar-refractivity contribution is 9.10. The first-order valence-corrected chi connectivity index (χ1v) is 6.42. The Hall–Kier alpha value is -0.340. The van der Waals surface area contributed by atoms with Crippen molar-refractivity contribution >= 4 is 15.9 Å². The van der Waals surface area contributed by atoms with Crippen LogP contribution >= 0.6 is 15.9 Å². The summed E-state index contributed by atoms with van der Waals surface area (Å²) < 4.78 is 1.07. The summed E-state index contributed by atoms with van der Waals surface area (Å²) in [6, 6.07) is 6.11. The first kappa shape index (κ1) is 11.2. The van der Waals surface area contributed by atoms with Crippen molar-refractivity contribution in [2.24, 2.45) is 5.92 Å². The first-order valence-electron chi connectivity index (χ1n) is 5.63. The number of halogens is 1. The van der Waals surface area contributed by atoms with Crippen LogP contribution < -0.4 is 0 Å². The van der Waals surface area contributed by atoms with Gasteiger partial charge < -0.3 is 5.11 Å². The molecule has 1 aliphatic carbocycles. The minimum Gasteiger partial charge on any atom is -0.388 e. The molecular formula is C13H17BrO. The number of hydrogen-bond donors (Lipinski definition) is 1. The molecule has 2 heteroatoms. The lowest BCUT2D eigenvalue weighted by Gasteiger charge is -2.20. The normalized spacial score (nSPS) is 19.4. The van der Waals surface area contributed by atoms with Crippen molar-refractivity contribution in [1.82, 2.24) is 0 Å². The standard InChI is InChI=1S/C13H17BrO/c1-9-5-4-8-11(12(9)14)13(15)10-6-2-3-7-10/h4-5,8,10,13,15H,2-3,6-7H2,1H3. The Morgan fingerprint density at radius 1 is 1.33 bits per heavy atom. The van der Waals surface area contributed by atoms with Crippen LogP contribution in [-0.2, 0) is 0 Å². The third-order valence-corrected chi connectivity index (χ3v) is 4.47. The van der Waals surface area contributed by atoms with Crippen LogP contribution in [0.4, 0.5) is 0 Å². The Morgan fingerprint density at radius 2 is 2.00 bits per heavy atom. The summed E-state index contributed by atoms with van der Waals surface area (Å²) in [7, 11) is 0. The van der Waals surface area contributed by atoms with Gasteiger partial charge in [-0.15, -0.1) is 0 Å². The van der Waals surface area contributed by atoms with Crippen LogP contribution in [0.5, 0.6) is 0 Å². The maximum absolute atomic E-state index is 10.3. The number of benzene rings is 1. The van der Waals surface area contributed by atoms with Gasteiger partial charge in [0.15, 0.2) is 0 Å². The molecule has 0 aliphatic heterocycles. The summed E-state index contributed by atoms with van der Waals surface area (Å²) in [5, 5.41) is 10.3. The molecule has 82 valence electrons. The molecule has 1 N–H and O–H groups in total. The van der Waals surface area contributed by atoms with E-state index in [-0.39, 0.29) is 6.10 Å². The lowest BCUT2D eigenvalue weighted by atomic mass is 9.93. The molecule has 1 unspecified atom stereocenters. The summed E-state index contributed by atoms with van der Waals surface area (Å²) in [5.74, 6) is 0.461. The number of aryl methyl sites for hydroxylation is 1. The fraction of sp³-hybridized carbons (Fsp3) is 0.538. The molecule has 0 radical (unpaired) electrons. The van der Waals surface area contributed by atoms with Crippen LogP contribution in [0.15, 0.2) is 22.7 Å². The number of rotatable bonds is 2. The third-order valence-electron chi connectivity index (χ3n) is 3.39. The fourth-order valence-corrected chi connectivity index (χ4v) is 2.92. The molecule has 0 saturated heterocycles. The van der Waals surface area contributed by atoms with Crippen LogP contribution in [-0.4, -0.2) is 5.11 Å². The Bertz CT molecular complexity index is 342. The van der Waals surface area contributed by atoms with Gasteiger partial charge in [0.25, 0.3) is 0 Å². The summed E-state index contributed by atoms with van der Waals surface area (Å²) in [6.45, 7) is 2.06. The zero-order valence-electron chi connectivity index (χ0n) is 9.04. The molecule has 0 amide bonds. The Morgan fingerprint density at radius 3 is 2.67 bits per heavy atom. The highest BCUT2D eigenvalue weighted by atomic mass is 79.9. The lowest BCUT2D eigenvalue weighted by molar-refractivity contribution is 0.111. The van der Waals surface area contributed by atoms with Crippen molar-refractivity contribution < 1.29 is 5.11 Å². The van der Waals surface area contributed by atoms with Gasteiger partial charge in [0.2, 0.25) is 0 Å². The molecule has 1 saturated carbocycles. The SMILES string of the molecule is Cc1cccc(C(O)C2CCCC2)c1Br. The van der Waals surface area contributed by atoms with Gasteiger partial charge in [-0.3, -0.25) is 0 Å². The molecule has 15 heavy (non-hydrogen) atoms. The first-order chi connectivity index (χ1) is 7.20. The molecule has 1 aromatic rings. The summed E-state index contributed by atoms with van der Waals surface area (Å²) in [5.41, 5.74) is 2.26. The van der Waals surface area contributed by atoms with Gasteiger partial charge in [-0.05, 0) is 36.8 Å². The zero-order chi connectivity index (χ0) is 10.8. The molecule has 1 nitrogen and oxygen atoms in total. The Balaban J connectivity index is 2.24. The van der Waals surface area contributed by atoms with Crippen molar-refractivity contribution in [2.45, 2.75) is 38.7 Å². The summed E-state index contributed by atoms with van der Waals surface area (Å²) >= 11 is 3.57. The van der Waals surface area contributed by atoms with Crippen LogP contribution in [0, 0.1) is 12.8 Å². The number of hydrogen-bond acceptors (Lipinski definition) is 1. The van der Waals surface area contributed by atoms with Gasteiger partial charge in [-0.25, -0.2) is 0 Å². The monoisotopic (exact) mass is 268 g/mol. The molecule has 1 aromatic carbocycles. The summed E-state index contributed by atoms with van der Waals surface area (Å²) in [6.07, 6.45) is 4.58. The van der Waals surface area contributed by atoms with E-state index in [1.807, 2.05) is 12.1 Å². The highest BCUT2D eigenvalue weighted by Gasteiger charge is 2.25. The number of aliphatic hydroxyl groups is 1. The quantitative estimate of drug-likeness (QED) is 0.861. The Labute approximate surface area is 99.6 Å². The van der Waals surface area contributed by atoms with E-state index in [0.29, 0.717) is 5.92 Å². The van der Waals surface area contributed by atoms with Gasteiger partial charge in [0.05, 0.1) is 6.10 Å². The van der Waals surface area contributed by atoms with E-state index in [1.165, 1.54) is 31.2 Å². The topological polar surface area (TPSA) is 20.2 Å². The van der Waals surface area contributed by atoms with Gasteiger partial charge >= 0.3 is 0 Å². The maximum atomic E-state index is 10.3. The van der Waals surface area contributed by atoms with Crippen LogP contribution in [0.2, 0.25) is 0 Å². The maximum Gasteiger partial charge on any atom is 0.0829 e. The average Bonchev–Trinajstić information content (AvgIpc) is 2.74. The second-order valence-corrected chi connectivity index (χ2v) is 5.26. The largest absolute Gasteiger partial charge is 0.388 e. The lowest BCUT2D eigenvalue weighted by Crippen LogP contribution is -2.09. The Kier molecular flexibility index (Phi) is 3.47. The van der Waals surface area contributed by atoms with E-state index in [4.69, 9.17) is 0 Å². The minimum atomic E-state index is -0.290. The molecule has 1 atom stereocenters. The predicted molar refractivity (Wildman–Crippen MR) is 65.8 cm³/mol. The second kappa shape index (κ2) is 4.67. The van der Waals surface area contributed by atoms with Crippen LogP contribution in [0.3, 0.4) is 0 Å².